The fourth-order valence-electron chi connectivity index (χ4n) is 1.22. The zero-order chi connectivity index (χ0) is 8.55. The molecule has 1 heterocycles. The molecule has 1 saturated carbocycles. The summed E-state index contributed by atoms with van der Waals surface area (Å²) < 4.78 is 1.99. The van der Waals surface area contributed by atoms with Gasteiger partial charge in [-0.25, -0.2) is 0 Å². The highest BCUT2D eigenvalue weighted by molar-refractivity contribution is 8.00. The van der Waals surface area contributed by atoms with Crippen molar-refractivity contribution in [2.75, 3.05) is 0 Å². The summed E-state index contributed by atoms with van der Waals surface area (Å²) in [7, 11) is 2.02. The first-order valence-corrected chi connectivity index (χ1v) is 5.37. The Morgan fingerprint density at radius 2 is 2.42 bits per heavy atom. The predicted molar refractivity (Wildman–Crippen MR) is 51.5 cm³/mol. The minimum Gasteiger partial charge on any atom is -0.272 e. The summed E-state index contributed by atoms with van der Waals surface area (Å²) >= 11 is 1.93. The van der Waals surface area contributed by atoms with Gasteiger partial charge in [-0.15, -0.1) is 11.8 Å². The molecular weight excluding hydrogens is 168 g/mol. The van der Waals surface area contributed by atoms with Gasteiger partial charge < -0.3 is 0 Å². The molecule has 0 unspecified atom stereocenters. The van der Waals surface area contributed by atoms with Crippen LogP contribution in [0.4, 0.5) is 0 Å². The number of thioether (sulfide) groups is 1. The number of aryl methyl sites for hydroxylation is 2. The van der Waals surface area contributed by atoms with Gasteiger partial charge in [0.25, 0.3) is 0 Å². The second-order valence-corrected chi connectivity index (χ2v) is 4.59. The Morgan fingerprint density at radius 3 is 2.92 bits per heavy atom. The third-order valence-electron chi connectivity index (χ3n) is 2.13. The van der Waals surface area contributed by atoms with Crippen LogP contribution in [0.1, 0.15) is 25.5 Å². The van der Waals surface area contributed by atoms with Crippen LogP contribution in [0, 0.1) is 0 Å². The molecule has 0 aliphatic heterocycles. The zero-order valence-electron chi connectivity index (χ0n) is 7.58. The van der Waals surface area contributed by atoms with Crippen molar-refractivity contribution in [1.29, 1.82) is 0 Å². The summed E-state index contributed by atoms with van der Waals surface area (Å²) in [6.45, 7) is 2.17. The van der Waals surface area contributed by atoms with Gasteiger partial charge >= 0.3 is 0 Å². The topological polar surface area (TPSA) is 17.8 Å². The Morgan fingerprint density at radius 1 is 1.67 bits per heavy atom. The number of rotatable bonds is 3. The highest BCUT2D eigenvalue weighted by atomic mass is 32.2. The van der Waals surface area contributed by atoms with Gasteiger partial charge in [-0.1, -0.05) is 6.92 Å². The monoisotopic (exact) mass is 182 g/mol. The molecule has 0 aromatic carbocycles. The van der Waals surface area contributed by atoms with E-state index in [1.54, 1.807) is 0 Å². The number of aromatic nitrogens is 2. The van der Waals surface area contributed by atoms with Gasteiger partial charge in [0.15, 0.2) is 0 Å². The van der Waals surface area contributed by atoms with Gasteiger partial charge in [0.1, 0.15) is 5.03 Å². The molecule has 0 bridgehead atoms. The summed E-state index contributed by atoms with van der Waals surface area (Å²) in [6, 6.07) is 2.21. The van der Waals surface area contributed by atoms with Crippen LogP contribution in [-0.4, -0.2) is 15.0 Å². The van der Waals surface area contributed by atoms with Crippen LogP contribution >= 0.6 is 11.8 Å². The van der Waals surface area contributed by atoms with E-state index in [1.807, 2.05) is 23.5 Å². The molecule has 3 heteroatoms. The fraction of sp³-hybridized carbons (Fsp3) is 0.667. The van der Waals surface area contributed by atoms with Gasteiger partial charge in [-0.05, 0) is 25.3 Å². The molecule has 66 valence electrons. The average Bonchev–Trinajstić information content (AvgIpc) is 2.76. The van der Waals surface area contributed by atoms with Crippen molar-refractivity contribution in [1.82, 2.24) is 9.78 Å². The van der Waals surface area contributed by atoms with Crippen LogP contribution in [0.3, 0.4) is 0 Å². The van der Waals surface area contributed by atoms with Gasteiger partial charge in [0.05, 0.1) is 0 Å². The van der Waals surface area contributed by atoms with E-state index < -0.39 is 0 Å². The van der Waals surface area contributed by atoms with E-state index >= 15 is 0 Å². The molecule has 1 aromatic rings. The molecular formula is C9H14N2S. The fourth-order valence-corrected chi connectivity index (χ4v) is 2.31. The van der Waals surface area contributed by atoms with Crippen molar-refractivity contribution >= 4 is 11.8 Å². The van der Waals surface area contributed by atoms with E-state index in [9.17, 15) is 0 Å². The second kappa shape index (κ2) is 3.13. The van der Waals surface area contributed by atoms with E-state index in [0.29, 0.717) is 0 Å². The minimum absolute atomic E-state index is 0.865. The Hall–Kier alpha value is -0.440. The first kappa shape index (κ1) is 8.17. The molecule has 0 radical (unpaired) electrons. The van der Waals surface area contributed by atoms with E-state index in [0.717, 1.165) is 11.7 Å². The maximum absolute atomic E-state index is 4.44. The van der Waals surface area contributed by atoms with Crippen LogP contribution in [0.5, 0.6) is 0 Å². The van der Waals surface area contributed by atoms with E-state index in [4.69, 9.17) is 0 Å². The molecule has 2 nitrogen and oxygen atoms in total. The molecule has 1 aliphatic rings. The first-order chi connectivity index (χ1) is 5.79. The van der Waals surface area contributed by atoms with E-state index in [-0.39, 0.29) is 0 Å². The second-order valence-electron chi connectivity index (χ2n) is 3.27. The molecule has 0 amide bonds. The molecule has 0 N–H and O–H groups in total. The molecule has 1 fully saturated rings. The molecule has 1 aliphatic carbocycles. The lowest BCUT2D eigenvalue weighted by molar-refractivity contribution is 0.698. The number of hydrogen-bond acceptors (Lipinski definition) is 2. The van der Waals surface area contributed by atoms with Crippen LogP contribution in [0.25, 0.3) is 0 Å². The third-order valence-corrected chi connectivity index (χ3v) is 3.37. The zero-order valence-corrected chi connectivity index (χ0v) is 8.40. The summed E-state index contributed by atoms with van der Waals surface area (Å²) in [5.41, 5.74) is 1.33. The number of nitrogens with zero attached hydrogens (tertiary/aromatic N) is 2. The van der Waals surface area contributed by atoms with Gasteiger partial charge in [0, 0.05) is 18.0 Å². The van der Waals surface area contributed by atoms with Gasteiger partial charge in [-0.2, -0.15) is 5.10 Å². The Labute approximate surface area is 77.3 Å². The normalized spacial score (nSPS) is 16.8. The van der Waals surface area contributed by atoms with Gasteiger partial charge in [0.2, 0.25) is 0 Å². The molecule has 2 rings (SSSR count). The highest BCUT2D eigenvalue weighted by Crippen LogP contribution is 2.38. The van der Waals surface area contributed by atoms with Crippen molar-refractivity contribution in [2.24, 2.45) is 7.05 Å². The summed E-state index contributed by atoms with van der Waals surface area (Å²) in [4.78, 5) is 0. The van der Waals surface area contributed by atoms with Crippen LogP contribution in [0.15, 0.2) is 11.1 Å². The van der Waals surface area contributed by atoms with Crippen molar-refractivity contribution in [3.05, 3.63) is 11.8 Å². The van der Waals surface area contributed by atoms with E-state index in [2.05, 4.69) is 18.1 Å². The molecule has 0 saturated heterocycles. The Kier molecular flexibility index (Phi) is 2.13. The standard InChI is InChI=1S/C9H14N2S/c1-3-7-6-9(10-11(7)2)12-8-4-5-8/h6,8H,3-5H2,1-2H3. The Balaban J connectivity index is 2.10. The summed E-state index contributed by atoms with van der Waals surface area (Å²) in [5, 5.41) is 6.51. The van der Waals surface area contributed by atoms with Crippen molar-refractivity contribution in [3.63, 3.8) is 0 Å². The van der Waals surface area contributed by atoms with Crippen LogP contribution < -0.4 is 0 Å². The quantitative estimate of drug-likeness (QED) is 0.713. The first-order valence-electron chi connectivity index (χ1n) is 4.49. The van der Waals surface area contributed by atoms with Crippen molar-refractivity contribution < 1.29 is 0 Å². The molecule has 0 spiro atoms. The summed E-state index contributed by atoms with van der Waals surface area (Å²) in [6.07, 6.45) is 3.83. The third kappa shape index (κ3) is 1.66. The molecule has 12 heavy (non-hydrogen) atoms. The smallest absolute Gasteiger partial charge is 0.119 e. The number of hydrogen-bond donors (Lipinski definition) is 0. The SMILES string of the molecule is CCc1cc(SC2CC2)nn1C. The lowest BCUT2D eigenvalue weighted by atomic mass is 10.3. The highest BCUT2D eigenvalue weighted by Gasteiger charge is 2.23. The van der Waals surface area contributed by atoms with E-state index in [1.165, 1.54) is 23.6 Å². The maximum atomic E-state index is 4.44. The predicted octanol–water partition coefficient (Wildman–Crippen LogP) is 2.24. The average molecular weight is 182 g/mol. The van der Waals surface area contributed by atoms with Crippen LogP contribution in [-0.2, 0) is 13.5 Å². The Bertz CT molecular complexity index is 276. The van der Waals surface area contributed by atoms with Crippen molar-refractivity contribution in [3.8, 4) is 0 Å². The lowest BCUT2D eigenvalue weighted by Crippen LogP contribution is -1.95. The maximum Gasteiger partial charge on any atom is 0.119 e. The van der Waals surface area contributed by atoms with Crippen molar-refractivity contribution in [2.45, 2.75) is 36.5 Å². The minimum atomic E-state index is 0.865. The summed E-state index contributed by atoms with van der Waals surface area (Å²) in [5.74, 6) is 0. The van der Waals surface area contributed by atoms with Gasteiger partial charge in [-0.3, -0.25) is 4.68 Å². The lowest BCUT2D eigenvalue weighted by Gasteiger charge is -1.93. The molecule has 1 aromatic heterocycles. The molecule has 0 atom stereocenters. The largest absolute Gasteiger partial charge is 0.272 e. The van der Waals surface area contributed by atoms with Crippen LogP contribution in [0.2, 0.25) is 0 Å².